The maximum atomic E-state index is 13.5. The van der Waals surface area contributed by atoms with Gasteiger partial charge >= 0.3 is 11.9 Å². The summed E-state index contributed by atoms with van der Waals surface area (Å²) in [4.78, 5) is 52.0. The van der Waals surface area contributed by atoms with Crippen molar-refractivity contribution in [1.29, 1.82) is 5.26 Å². The summed E-state index contributed by atoms with van der Waals surface area (Å²) in [6, 6.07) is 14.0. The van der Waals surface area contributed by atoms with Crippen LogP contribution in [-0.2, 0) is 19.2 Å². The Morgan fingerprint density at radius 3 is 2.31 bits per heavy atom. The Morgan fingerprint density at radius 2 is 1.75 bits per heavy atom. The number of carboxylic acids is 2. The largest absolute Gasteiger partial charge is 0.481 e. The van der Waals surface area contributed by atoms with E-state index in [1.165, 1.54) is 12.1 Å². The zero-order valence-electron chi connectivity index (χ0n) is 17.0. The van der Waals surface area contributed by atoms with E-state index in [0.717, 1.165) is 4.90 Å². The Hall–Kier alpha value is -4.03. The Kier molecular flexibility index (Phi) is 5.03. The highest BCUT2D eigenvalue weighted by atomic mass is 16.4. The topological polar surface area (TPSA) is 148 Å². The highest BCUT2D eigenvalue weighted by Crippen LogP contribution is 2.51. The minimum atomic E-state index is -2.17. The number of rotatable bonds is 5. The Balaban J connectivity index is 1.88. The maximum absolute atomic E-state index is 13.5. The fourth-order valence-electron chi connectivity index (χ4n) is 4.78. The molecular weight excluding hydrogens is 414 g/mol. The van der Waals surface area contributed by atoms with Gasteiger partial charge in [0.25, 0.3) is 0 Å². The van der Waals surface area contributed by atoms with Crippen LogP contribution in [0.15, 0.2) is 48.5 Å². The van der Waals surface area contributed by atoms with Crippen molar-refractivity contribution in [3.05, 3.63) is 65.2 Å². The van der Waals surface area contributed by atoms with Crippen LogP contribution in [0.1, 0.15) is 29.2 Å². The fourth-order valence-corrected chi connectivity index (χ4v) is 4.78. The van der Waals surface area contributed by atoms with Crippen molar-refractivity contribution in [3.63, 3.8) is 0 Å². The van der Waals surface area contributed by atoms with Gasteiger partial charge in [0.2, 0.25) is 11.8 Å². The number of anilines is 1. The lowest BCUT2D eigenvalue weighted by Crippen LogP contribution is -2.57. The molecule has 0 radical (unpaired) electrons. The molecule has 32 heavy (non-hydrogen) atoms. The number of benzene rings is 2. The van der Waals surface area contributed by atoms with E-state index in [1.54, 1.807) is 43.3 Å². The number of imide groups is 1. The highest BCUT2D eigenvalue weighted by molar-refractivity contribution is 6.24. The normalized spacial score (nSPS) is 26.6. The zero-order valence-corrected chi connectivity index (χ0v) is 17.0. The predicted octanol–water partition coefficient (Wildman–Crippen LogP) is 1.61. The number of carbonyl (C=O) groups is 4. The summed E-state index contributed by atoms with van der Waals surface area (Å²) >= 11 is 0. The maximum Gasteiger partial charge on any atom is 0.325 e. The molecule has 2 aromatic carbocycles. The van der Waals surface area contributed by atoms with Crippen LogP contribution in [0.2, 0.25) is 0 Å². The van der Waals surface area contributed by atoms with Crippen molar-refractivity contribution >= 4 is 29.4 Å². The van der Waals surface area contributed by atoms with Gasteiger partial charge in [-0.25, -0.2) is 4.90 Å². The van der Waals surface area contributed by atoms with Crippen LogP contribution >= 0.6 is 0 Å². The van der Waals surface area contributed by atoms with Crippen LogP contribution in [-0.4, -0.2) is 39.5 Å². The van der Waals surface area contributed by atoms with Gasteiger partial charge in [-0.15, -0.1) is 0 Å². The molecule has 2 saturated heterocycles. The molecule has 2 aliphatic rings. The van der Waals surface area contributed by atoms with E-state index in [4.69, 9.17) is 5.26 Å². The third-order valence-corrected chi connectivity index (χ3v) is 6.22. The molecule has 162 valence electrons. The minimum Gasteiger partial charge on any atom is -0.481 e. The molecule has 9 heteroatoms. The van der Waals surface area contributed by atoms with E-state index in [2.05, 4.69) is 5.32 Å². The van der Waals surface area contributed by atoms with Crippen LogP contribution < -0.4 is 10.2 Å². The van der Waals surface area contributed by atoms with Crippen LogP contribution in [0.5, 0.6) is 0 Å². The molecule has 4 atom stereocenters. The first-order chi connectivity index (χ1) is 15.2. The number of hydrogen-bond acceptors (Lipinski definition) is 6. The summed E-state index contributed by atoms with van der Waals surface area (Å²) in [5.74, 6) is -6.80. The Bertz CT molecular complexity index is 1180. The standard InChI is InChI=1S/C23H19N3O6/c1-12-4-2-3-5-15(12)26-20(29)17-18(21(26)30)23(22(31)32,10-16(27)28)25-19(17)14-8-6-13(11-24)7-9-14/h2-9,17-19,25H,10H2,1H3,(H,27,28)(H,31,32). The van der Waals surface area contributed by atoms with Crippen molar-refractivity contribution in [2.75, 3.05) is 4.90 Å². The van der Waals surface area contributed by atoms with Crippen molar-refractivity contribution in [2.45, 2.75) is 24.9 Å². The second-order valence-electron chi connectivity index (χ2n) is 8.00. The molecule has 0 bridgehead atoms. The highest BCUT2D eigenvalue weighted by Gasteiger charge is 2.69. The van der Waals surface area contributed by atoms with Crippen molar-refractivity contribution < 1.29 is 29.4 Å². The third-order valence-electron chi connectivity index (χ3n) is 6.22. The third kappa shape index (κ3) is 3.04. The van der Waals surface area contributed by atoms with Gasteiger partial charge in [-0.1, -0.05) is 30.3 Å². The van der Waals surface area contributed by atoms with E-state index >= 15 is 0 Å². The Morgan fingerprint density at radius 1 is 1.09 bits per heavy atom. The van der Waals surface area contributed by atoms with Gasteiger partial charge in [0.1, 0.15) is 5.54 Å². The quantitative estimate of drug-likeness (QED) is 0.603. The van der Waals surface area contributed by atoms with E-state index in [0.29, 0.717) is 22.4 Å². The molecular formula is C23H19N3O6. The lowest BCUT2D eigenvalue weighted by Gasteiger charge is -2.30. The molecule has 9 nitrogen and oxygen atoms in total. The second kappa shape index (κ2) is 7.59. The molecule has 2 aliphatic heterocycles. The predicted molar refractivity (Wildman–Crippen MR) is 110 cm³/mol. The van der Waals surface area contributed by atoms with E-state index < -0.39 is 53.6 Å². The van der Waals surface area contributed by atoms with Gasteiger partial charge in [0.15, 0.2) is 0 Å². The average molecular weight is 433 g/mol. The first-order valence-corrected chi connectivity index (χ1v) is 9.87. The summed E-state index contributed by atoms with van der Waals surface area (Å²) in [6.45, 7) is 1.72. The number of amides is 2. The lowest BCUT2D eigenvalue weighted by atomic mass is 9.77. The number of hydrogen-bond donors (Lipinski definition) is 3. The summed E-state index contributed by atoms with van der Waals surface area (Å²) in [7, 11) is 0. The molecule has 0 aliphatic carbocycles. The monoisotopic (exact) mass is 433 g/mol. The number of nitriles is 1. The molecule has 0 aromatic heterocycles. The summed E-state index contributed by atoms with van der Waals surface area (Å²) in [6.07, 6.45) is -0.878. The summed E-state index contributed by atoms with van der Waals surface area (Å²) in [5.41, 5.74) is -0.325. The first kappa shape index (κ1) is 21.2. The summed E-state index contributed by atoms with van der Waals surface area (Å²) < 4.78 is 0. The minimum absolute atomic E-state index is 0.338. The van der Waals surface area contributed by atoms with Crippen LogP contribution in [0.3, 0.4) is 0 Å². The van der Waals surface area contributed by atoms with E-state index in [1.807, 2.05) is 6.07 Å². The molecule has 3 N–H and O–H groups in total. The van der Waals surface area contributed by atoms with Gasteiger partial charge in [-0.2, -0.15) is 5.26 Å². The SMILES string of the molecule is Cc1ccccc1N1C(=O)C2C(c3ccc(C#N)cc3)NC(CC(=O)O)(C(=O)O)C2C1=O. The number of nitrogens with zero attached hydrogens (tertiary/aromatic N) is 2. The fraction of sp³-hybridized carbons (Fsp3) is 0.261. The van der Waals surface area contributed by atoms with Gasteiger partial charge in [-0.3, -0.25) is 24.5 Å². The van der Waals surface area contributed by atoms with Gasteiger partial charge in [0, 0.05) is 6.04 Å². The average Bonchev–Trinajstić information content (AvgIpc) is 3.23. The molecule has 2 aromatic rings. The number of aryl methyl sites for hydroxylation is 1. The van der Waals surface area contributed by atoms with Crippen molar-refractivity contribution in [3.8, 4) is 6.07 Å². The molecule has 2 heterocycles. The Labute approximate surface area is 182 Å². The smallest absolute Gasteiger partial charge is 0.325 e. The molecule has 0 saturated carbocycles. The van der Waals surface area contributed by atoms with Crippen LogP contribution in [0.25, 0.3) is 0 Å². The molecule has 2 fully saturated rings. The molecule has 0 spiro atoms. The lowest BCUT2D eigenvalue weighted by molar-refractivity contribution is -0.154. The van der Waals surface area contributed by atoms with E-state index in [9.17, 15) is 29.4 Å². The van der Waals surface area contributed by atoms with Crippen molar-refractivity contribution in [2.24, 2.45) is 11.8 Å². The zero-order chi connectivity index (χ0) is 23.2. The molecule has 4 rings (SSSR count). The number of fused-ring (bicyclic) bond motifs is 1. The van der Waals surface area contributed by atoms with Gasteiger partial charge < -0.3 is 10.2 Å². The summed E-state index contributed by atoms with van der Waals surface area (Å²) in [5, 5.41) is 31.4. The number of carbonyl (C=O) groups excluding carboxylic acids is 2. The van der Waals surface area contributed by atoms with Gasteiger partial charge in [-0.05, 0) is 36.2 Å². The van der Waals surface area contributed by atoms with Gasteiger partial charge in [0.05, 0.1) is 35.6 Å². The van der Waals surface area contributed by atoms with E-state index in [-0.39, 0.29) is 0 Å². The number of carboxylic acid groups (broad SMARTS) is 2. The number of para-hydroxylation sites is 1. The van der Waals surface area contributed by atoms with Crippen LogP contribution in [0.4, 0.5) is 5.69 Å². The number of aliphatic carboxylic acids is 2. The van der Waals surface area contributed by atoms with Crippen LogP contribution in [0, 0.1) is 30.1 Å². The second-order valence-corrected chi connectivity index (χ2v) is 8.00. The van der Waals surface area contributed by atoms with Crippen molar-refractivity contribution in [1.82, 2.24) is 5.32 Å². The number of nitrogens with one attached hydrogen (secondary N) is 1. The molecule has 4 unspecified atom stereocenters. The first-order valence-electron chi connectivity index (χ1n) is 9.87. The molecule has 2 amide bonds.